The van der Waals surface area contributed by atoms with Crippen molar-refractivity contribution < 1.29 is 14.7 Å². The zero-order valence-corrected chi connectivity index (χ0v) is 11.8. The summed E-state index contributed by atoms with van der Waals surface area (Å²) in [4.78, 5) is 5.20. The van der Waals surface area contributed by atoms with Crippen molar-refractivity contribution in [3.8, 4) is 0 Å². The molecule has 108 valence electrons. The SMILES string of the molecule is C=C(O)/N=C\C(C)N(C)/C(=N\O)c1ccc(Cl)c(F)c1. The first-order valence-corrected chi connectivity index (χ1v) is 6.07. The van der Waals surface area contributed by atoms with Crippen molar-refractivity contribution in [2.75, 3.05) is 7.05 Å². The molecule has 0 aromatic heterocycles. The molecule has 1 aromatic carbocycles. The molecular formula is C13H15ClFN3O2. The van der Waals surface area contributed by atoms with E-state index in [1.54, 1.807) is 18.9 Å². The Kier molecular flexibility index (Phi) is 5.52. The maximum Gasteiger partial charge on any atom is 0.202 e. The number of halogens is 2. The second-order valence-electron chi connectivity index (χ2n) is 4.10. The summed E-state index contributed by atoms with van der Waals surface area (Å²) < 4.78 is 13.4. The van der Waals surface area contributed by atoms with Gasteiger partial charge in [0.1, 0.15) is 5.82 Å². The molecule has 0 radical (unpaired) electrons. The van der Waals surface area contributed by atoms with Crippen molar-refractivity contribution in [1.82, 2.24) is 4.90 Å². The molecule has 20 heavy (non-hydrogen) atoms. The second-order valence-corrected chi connectivity index (χ2v) is 4.51. The van der Waals surface area contributed by atoms with E-state index < -0.39 is 5.82 Å². The van der Waals surface area contributed by atoms with Gasteiger partial charge in [-0.3, -0.25) is 0 Å². The van der Waals surface area contributed by atoms with Crippen molar-refractivity contribution in [3.05, 3.63) is 47.1 Å². The molecule has 0 bridgehead atoms. The van der Waals surface area contributed by atoms with Crippen LogP contribution in [0.1, 0.15) is 12.5 Å². The lowest BCUT2D eigenvalue weighted by atomic mass is 10.1. The first kappa shape index (κ1) is 16.0. The van der Waals surface area contributed by atoms with Gasteiger partial charge in [0.15, 0.2) is 5.84 Å². The van der Waals surface area contributed by atoms with Gasteiger partial charge in [-0.15, -0.1) is 0 Å². The number of hydrogen-bond donors (Lipinski definition) is 2. The Morgan fingerprint density at radius 1 is 1.55 bits per heavy atom. The summed E-state index contributed by atoms with van der Waals surface area (Å²) in [6.45, 7) is 4.98. The highest BCUT2D eigenvalue weighted by Crippen LogP contribution is 2.17. The molecule has 1 rings (SSSR count). The highest BCUT2D eigenvalue weighted by atomic mass is 35.5. The lowest BCUT2D eigenvalue weighted by Gasteiger charge is -2.24. The molecule has 1 unspecified atom stereocenters. The largest absolute Gasteiger partial charge is 0.494 e. The number of nitrogens with zero attached hydrogens (tertiary/aromatic N) is 3. The van der Waals surface area contributed by atoms with E-state index >= 15 is 0 Å². The van der Waals surface area contributed by atoms with Gasteiger partial charge in [0.2, 0.25) is 5.88 Å². The predicted octanol–water partition coefficient (Wildman–Crippen LogP) is 3.04. The first-order valence-electron chi connectivity index (χ1n) is 5.69. The normalized spacial score (nSPS) is 13.5. The van der Waals surface area contributed by atoms with Gasteiger partial charge in [0, 0.05) is 18.8 Å². The first-order chi connectivity index (χ1) is 9.36. The maximum absolute atomic E-state index is 13.4. The van der Waals surface area contributed by atoms with Gasteiger partial charge in [-0.1, -0.05) is 16.8 Å². The van der Waals surface area contributed by atoms with E-state index in [1.807, 2.05) is 0 Å². The number of aliphatic hydroxyl groups is 1. The molecule has 0 aliphatic heterocycles. The summed E-state index contributed by atoms with van der Waals surface area (Å²) in [6.07, 6.45) is 1.42. The van der Waals surface area contributed by atoms with Crippen LogP contribution in [0, 0.1) is 5.82 Å². The van der Waals surface area contributed by atoms with Crippen LogP contribution in [0.25, 0.3) is 0 Å². The minimum Gasteiger partial charge on any atom is -0.494 e. The Balaban J connectivity index is 3.01. The van der Waals surface area contributed by atoms with Crippen LogP contribution >= 0.6 is 11.6 Å². The number of oxime groups is 1. The summed E-state index contributed by atoms with van der Waals surface area (Å²) in [6, 6.07) is 3.76. The monoisotopic (exact) mass is 299 g/mol. The smallest absolute Gasteiger partial charge is 0.202 e. The average Bonchev–Trinajstić information content (AvgIpc) is 2.40. The quantitative estimate of drug-likeness (QED) is 0.295. The van der Waals surface area contributed by atoms with E-state index in [0.29, 0.717) is 5.56 Å². The zero-order chi connectivity index (χ0) is 15.3. The fraction of sp³-hybridized carbons (Fsp3) is 0.231. The molecule has 1 aromatic rings. The van der Waals surface area contributed by atoms with Gasteiger partial charge in [0.05, 0.1) is 11.1 Å². The number of amidine groups is 1. The number of rotatable bonds is 4. The molecule has 0 aliphatic carbocycles. The van der Waals surface area contributed by atoms with Crippen LogP contribution in [0.3, 0.4) is 0 Å². The lowest BCUT2D eigenvalue weighted by Crippen LogP contribution is -2.36. The van der Waals surface area contributed by atoms with E-state index in [0.717, 1.165) is 0 Å². The van der Waals surface area contributed by atoms with E-state index in [2.05, 4.69) is 16.7 Å². The third-order valence-electron chi connectivity index (χ3n) is 2.66. The number of aliphatic hydroxyl groups excluding tert-OH is 1. The van der Waals surface area contributed by atoms with Crippen LogP contribution in [0.5, 0.6) is 0 Å². The fourth-order valence-electron chi connectivity index (χ4n) is 1.45. The molecule has 0 aliphatic rings. The van der Waals surface area contributed by atoms with Crippen molar-refractivity contribution in [1.29, 1.82) is 0 Å². The summed E-state index contributed by atoms with van der Waals surface area (Å²) in [5.41, 5.74) is 0.361. The Morgan fingerprint density at radius 3 is 2.70 bits per heavy atom. The zero-order valence-electron chi connectivity index (χ0n) is 11.1. The van der Waals surface area contributed by atoms with E-state index in [-0.39, 0.29) is 22.8 Å². The molecule has 0 heterocycles. The molecule has 0 saturated heterocycles. The van der Waals surface area contributed by atoms with Gasteiger partial charge in [-0.2, -0.15) is 0 Å². The summed E-state index contributed by atoms with van der Waals surface area (Å²) >= 11 is 5.61. The molecule has 0 spiro atoms. The Labute approximate surface area is 121 Å². The Morgan fingerprint density at radius 2 is 2.20 bits per heavy atom. The molecule has 7 heteroatoms. The van der Waals surface area contributed by atoms with E-state index in [1.165, 1.54) is 24.4 Å². The summed E-state index contributed by atoms with van der Waals surface area (Å²) in [5.74, 6) is -0.794. The van der Waals surface area contributed by atoms with Crippen LogP contribution in [0.4, 0.5) is 4.39 Å². The van der Waals surface area contributed by atoms with E-state index in [4.69, 9.17) is 21.9 Å². The number of aliphatic imine (C=N–C) groups is 1. The minimum atomic E-state index is -0.608. The Hall–Kier alpha value is -2.08. The van der Waals surface area contributed by atoms with Crippen molar-refractivity contribution in [2.24, 2.45) is 10.1 Å². The Bertz CT molecular complexity index is 561. The third kappa shape index (κ3) is 3.96. The van der Waals surface area contributed by atoms with Gasteiger partial charge in [-0.25, -0.2) is 9.38 Å². The number of benzene rings is 1. The minimum absolute atomic E-state index is 0.0140. The molecule has 0 fully saturated rings. The second kappa shape index (κ2) is 6.91. The summed E-state index contributed by atoms with van der Waals surface area (Å²) in [7, 11) is 1.64. The molecule has 1 atom stereocenters. The van der Waals surface area contributed by atoms with Gasteiger partial charge < -0.3 is 15.2 Å². The molecule has 2 N–H and O–H groups in total. The molecule has 5 nitrogen and oxygen atoms in total. The van der Waals surface area contributed by atoms with Crippen molar-refractivity contribution in [3.63, 3.8) is 0 Å². The predicted molar refractivity (Wildman–Crippen MR) is 77.2 cm³/mol. The highest BCUT2D eigenvalue weighted by Gasteiger charge is 2.16. The third-order valence-corrected chi connectivity index (χ3v) is 2.96. The van der Waals surface area contributed by atoms with Gasteiger partial charge in [0.25, 0.3) is 0 Å². The number of hydrogen-bond acceptors (Lipinski definition) is 4. The van der Waals surface area contributed by atoms with Crippen LogP contribution in [0.15, 0.2) is 40.8 Å². The molecular weight excluding hydrogens is 285 g/mol. The van der Waals surface area contributed by atoms with Crippen molar-refractivity contribution in [2.45, 2.75) is 13.0 Å². The summed E-state index contributed by atoms with van der Waals surface area (Å²) in [5, 5.41) is 21.2. The van der Waals surface area contributed by atoms with Gasteiger partial charge >= 0.3 is 0 Å². The standard InChI is InChI=1S/C13H15ClFN3O2/c1-8(7-16-9(2)19)18(3)13(17-20)10-4-5-11(14)12(15)6-10/h4-8,19-20H,2H2,1,3H3/b16-7-,17-13-. The molecule has 0 amide bonds. The van der Waals surface area contributed by atoms with Crippen LogP contribution < -0.4 is 0 Å². The van der Waals surface area contributed by atoms with Crippen LogP contribution in [0.2, 0.25) is 5.02 Å². The lowest BCUT2D eigenvalue weighted by molar-refractivity contribution is 0.305. The topological polar surface area (TPSA) is 68.4 Å². The van der Waals surface area contributed by atoms with Crippen molar-refractivity contribution >= 4 is 23.7 Å². The van der Waals surface area contributed by atoms with E-state index in [9.17, 15) is 4.39 Å². The fourth-order valence-corrected chi connectivity index (χ4v) is 1.57. The van der Waals surface area contributed by atoms with Gasteiger partial charge in [-0.05, 0) is 31.7 Å². The van der Waals surface area contributed by atoms with Crippen LogP contribution in [-0.4, -0.2) is 40.4 Å². The average molecular weight is 300 g/mol. The van der Waals surface area contributed by atoms with Crippen LogP contribution in [-0.2, 0) is 0 Å². The molecule has 0 saturated carbocycles. The maximum atomic E-state index is 13.4. The highest BCUT2D eigenvalue weighted by molar-refractivity contribution is 6.30.